The van der Waals surface area contributed by atoms with E-state index in [-0.39, 0.29) is 18.5 Å². The topological polar surface area (TPSA) is 115 Å². The van der Waals surface area contributed by atoms with E-state index in [1.807, 2.05) is 12.1 Å². The summed E-state index contributed by atoms with van der Waals surface area (Å²) in [6.45, 7) is 0.257. The number of nitrogens with one attached hydrogen (secondary N) is 2. The molecule has 0 heterocycles. The molecule has 4 N–H and O–H groups in total. The zero-order valence-corrected chi connectivity index (χ0v) is 17.3. The van der Waals surface area contributed by atoms with Crippen molar-refractivity contribution in [1.82, 2.24) is 5.32 Å². The van der Waals surface area contributed by atoms with E-state index < -0.39 is 12.2 Å². The zero-order chi connectivity index (χ0) is 21.7. The van der Waals surface area contributed by atoms with Crippen LogP contribution in [-0.4, -0.2) is 41.5 Å². The van der Waals surface area contributed by atoms with Crippen LogP contribution < -0.4 is 15.4 Å². The van der Waals surface area contributed by atoms with E-state index in [4.69, 9.17) is 16.3 Å². The third-order valence-electron chi connectivity index (χ3n) is 5.20. The summed E-state index contributed by atoms with van der Waals surface area (Å²) in [4.78, 5) is 12.9. The summed E-state index contributed by atoms with van der Waals surface area (Å²) in [5.41, 5.74) is 2.10. The first kappa shape index (κ1) is 21.9. The molecule has 0 spiro atoms. The summed E-state index contributed by atoms with van der Waals surface area (Å²) in [5, 5.41) is 35.4. The minimum atomic E-state index is -0.799. The number of nitriles is 1. The summed E-state index contributed by atoms with van der Waals surface area (Å²) in [5.74, 6) is 0.220. The van der Waals surface area contributed by atoms with Crippen molar-refractivity contribution < 1.29 is 19.7 Å². The highest BCUT2D eigenvalue weighted by molar-refractivity contribution is 6.32. The molecule has 158 valence electrons. The van der Waals surface area contributed by atoms with Gasteiger partial charge in [-0.25, -0.2) is 0 Å². The Bertz CT molecular complexity index is 960. The van der Waals surface area contributed by atoms with Gasteiger partial charge in [0.05, 0.1) is 41.5 Å². The van der Waals surface area contributed by atoms with Crippen LogP contribution in [0.25, 0.3) is 0 Å². The van der Waals surface area contributed by atoms with Crippen molar-refractivity contribution in [2.75, 3.05) is 12.4 Å². The number of aliphatic hydroxyl groups excluding tert-OH is 2. The highest BCUT2D eigenvalue weighted by Crippen LogP contribution is 2.27. The Morgan fingerprint density at radius 3 is 2.70 bits per heavy atom. The van der Waals surface area contributed by atoms with E-state index in [2.05, 4.69) is 10.6 Å². The molecule has 1 aliphatic rings. The molecule has 1 fully saturated rings. The predicted molar refractivity (Wildman–Crippen MR) is 114 cm³/mol. The van der Waals surface area contributed by atoms with Crippen molar-refractivity contribution in [3.05, 3.63) is 58.1 Å². The van der Waals surface area contributed by atoms with Crippen LogP contribution >= 0.6 is 11.6 Å². The van der Waals surface area contributed by atoms with Crippen LogP contribution in [0.1, 0.15) is 40.7 Å². The molecule has 0 saturated heterocycles. The van der Waals surface area contributed by atoms with Crippen LogP contribution in [0.4, 0.5) is 5.69 Å². The Balaban J connectivity index is 1.74. The van der Waals surface area contributed by atoms with Crippen molar-refractivity contribution >= 4 is 23.2 Å². The van der Waals surface area contributed by atoms with Crippen LogP contribution in [0.15, 0.2) is 36.4 Å². The minimum absolute atomic E-state index is 0.0803. The molecule has 0 radical (unpaired) electrons. The molecular formula is C22H24ClN3O4. The molecule has 3 atom stereocenters. The van der Waals surface area contributed by atoms with Crippen molar-refractivity contribution in [2.45, 2.75) is 44.1 Å². The van der Waals surface area contributed by atoms with Gasteiger partial charge >= 0.3 is 0 Å². The predicted octanol–water partition coefficient (Wildman–Crippen LogP) is 2.84. The van der Waals surface area contributed by atoms with Gasteiger partial charge < -0.3 is 25.6 Å². The molecule has 30 heavy (non-hydrogen) atoms. The van der Waals surface area contributed by atoms with Crippen LogP contribution in [0.5, 0.6) is 5.75 Å². The molecule has 1 aliphatic carbocycles. The molecular weight excluding hydrogens is 406 g/mol. The van der Waals surface area contributed by atoms with Crippen molar-refractivity contribution in [3.63, 3.8) is 0 Å². The summed E-state index contributed by atoms with van der Waals surface area (Å²) in [6, 6.07) is 12.1. The molecule has 2 aromatic rings. The number of ether oxygens (including phenoxy) is 1. The summed E-state index contributed by atoms with van der Waals surface area (Å²) in [7, 11) is 1.53. The maximum atomic E-state index is 12.9. The molecule has 2 aromatic carbocycles. The normalized spacial score (nSPS) is 20.8. The van der Waals surface area contributed by atoms with E-state index in [0.29, 0.717) is 46.8 Å². The van der Waals surface area contributed by atoms with Crippen LogP contribution in [0.2, 0.25) is 5.02 Å². The quantitative estimate of drug-likeness (QED) is 0.561. The van der Waals surface area contributed by atoms with E-state index in [9.17, 15) is 20.3 Å². The number of hydrogen-bond donors (Lipinski definition) is 4. The molecule has 0 bridgehead atoms. The van der Waals surface area contributed by atoms with Crippen LogP contribution in [0.3, 0.4) is 0 Å². The van der Waals surface area contributed by atoms with E-state index >= 15 is 0 Å². The van der Waals surface area contributed by atoms with Crippen molar-refractivity contribution in [1.29, 1.82) is 5.26 Å². The number of halogens is 1. The van der Waals surface area contributed by atoms with Gasteiger partial charge in [-0.2, -0.15) is 5.26 Å². The first-order chi connectivity index (χ1) is 14.4. The summed E-state index contributed by atoms with van der Waals surface area (Å²) >= 11 is 6.14. The smallest absolute Gasteiger partial charge is 0.253 e. The molecule has 8 heteroatoms. The van der Waals surface area contributed by atoms with Gasteiger partial charge in [0.15, 0.2) is 0 Å². The fourth-order valence-electron chi connectivity index (χ4n) is 3.51. The number of anilines is 1. The minimum Gasteiger partial charge on any atom is -0.495 e. The number of carbonyl (C=O) groups excluding carboxylic acids is 1. The van der Waals surface area contributed by atoms with Gasteiger partial charge in [-0.05, 0) is 55.2 Å². The van der Waals surface area contributed by atoms with Gasteiger partial charge in [0.1, 0.15) is 5.75 Å². The fraction of sp³-hybridized carbons (Fsp3) is 0.364. The first-order valence-corrected chi connectivity index (χ1v) is 10.1. The average molecular weight is 430 g/mol. The molecule has 3 rings (SSSR count). The van der Waals surface area contributed by atoms with Gasteiger partial charge in [-0.3, -0.25) is 4.79 Å². The largest absolute Gasteiger partial charge is 0.495 e. The van der Waals surface area contributed by atoms with Crippen molar-refractivity contribution in [2.24, 2.45) is 0 Å². The third kappa shape index (κ3) is 5.22. The molecule has 1 amide bonds. The van der Waals surface area contributed by atoms with Crippen LogP contribution in [0, 0.1) is 11.3 Å². The van der Waals surface area contributed by atoms with Gasteiger partial charge in [0.2, 0.25) is 0 Å². The second kappa shape index (κ2) is 9.81. The number of nitrogens with zero attached hydrogens (tertiary/aromatic N) is 1. The standard InChI is InChI=1S/C22H24ClN3O4/c1-30-21-7-3-14(9-17(21)23)12-25-22(29)16-8-13(11-24)2-5-18(16)26-15-4-6-19(27)20(28)10-15/h2-3,5,7-9,15,19-20,26-28H,4,6,10,12H2,1H3,(H,25,29)/t15-,19-,20+/m0/s1. The number of methoxy groups -OCH3 is 1. The zero-order valence-electron chi connectivity index (χ0n) is 16.6. The number of rotatable bonds is 6. The monoisotopic (exact) mass is 429 g/mol. The number of carbonyl (C=O) groups is 1. The number of amides is 1. The third-order valence-corrected chi connectivity index (χ3v) is 5.50. The second-order valence-corrected chi connectivity index (χ2v) is 7.72. The molecule has 7 nitrogen and oxygen atoms in total. The molecule has 0 aliphatic heterocycles. The van der Waals surface area contributed by atoms with E-state index in [1.165, 1.54) is 13.2 Å². The highest BCUT2D eigenvalue weighted by atomic mass is 35.5. The van der Waals surface area contributed by atoms with E-state index in [0.717, 1.165) is 5.56 Å². The Kier molecular flexibility index (Phi) is 7.16. The van der Waals surface area contributed by atoms with Gasteiger partial charge in [0, 0.05) is 18.3 Å². The molecule has 0 unspecified atom stereocenters. The Morgan fingerprint density at radius 2 is 2.03 bits per heavy atom. The Labute approximate surface area is 180 Å². The van der Waals surface area contributed by atoms with E-state index in [1.54, 1.807) is 24.3 Å². The number of benzene rings is 2. The maximum Gasteiger partial charge on any atom is 0.253 e. The molecule has 0 aromatic heterocycles. The summed E-state index contributed by atoms with van der Waals surface area (Å²) < 4.78 is 5.13. The Hall–Kier alpha value is -2.79. The SMILES string of the molecule is COc1ccc(CNC(=O)c2cc(C#N)ccc2N[C@H]2CC[C@H](O)[C@H](O)C2)cc1Cl. The van der Waals surface area contributed by atoms with Crippen molar-refractivity contribution in [3.8, 4) is 11.8 Å². The van der Waals surface area contributed by atoms with Gasteiger partial charge in [-0.1, -0.05) is 17.7 Å². The van der Waals surface area contributed by atoms with Crippen LogP contribution in [-0.2, 0) is 6.54 Å². The summed E-state index contributed by atoms with van der Waals surface area (Å²) in [6.07, 6.45) is 0.0141. The Morgan fingerprint density at radius 1 is 1.23 bits per heavy atom. The lowest BCUT2D eigenvalue weighted by molar-refractivity contribution is -0.0119. The highest BCUT2D eigenvalue weighted by Gasteiger charge is 2.28. The average Bonchev–Trinajstić information content (AvgIpc) is 2.75. The number of aliphatic hydroxyl groups is 2. The first-order valence-electron chi connectivity index (χ1n) is 9.68. The second-order valence-electron chi connectivity index (χ2n) is 7.31. The maximum absolute atomic E-state index is 12.9. The van der Waals surface area contributed by atoms with Gasteiger partial charge in [0.25, 0.3) is 5.91 Å². The lowest BCUT2D eigenvalue weighted by Crippen LogP contribution is -2.39. The fourth-order valence-corrected chi connectivity index (χ4v) is 3.79. The lowest BCUT2D eigenvalue weighted by Gasteiger charge is -2.31. The molecule has 1 saturated carbocycles. The number of hydrogen-bond acceptors (Lipinski definition) is 6. The lowest BCUT2D eigenvalue weighted by atomic mass is 9.90. The van der Waals surface area contributed by atoms with Gasteiger partial charge in [-0.15, -0.1) is 0 Å².